The fourth-order valence-corrected chi connectivity index (χ4v) is 9.12. The minimum atomic E-state index is -2.63. The highest BCUT2D eigenvalue weighted by molar-refractivity contribution is 6.99. The Morgan fingerprint density at radius 2 is 1.52 bits per heavy atom. The Hall–Kier alpha value is -2.15. The van der Waals surface area contributed by atoms with Gasteiger partial charge in [0.2, 0.25) is 0 Å². The second kappa shape index (κ2) is 10.4. The summed E-state index contributed by atoms with van der Waals surface area (Å²) in [5.41, 5.74) is -0.523. The molecule has 0 aliphatic carbocycles. The summed E-state index contributed by atoms with van der Waals surface area (Å²) in [7, 11) is -2.63. The lowest BCUT2D eigenvalue weighted by atomic mass is 10.1. The highest BCUT2D eigenvalue weighted by atomic mass is 28.4. The molecule has 0 spiro atoms. The van der Waals surface area contributed by atoms with Gasteiger partial charge in [-0.2, -0.15) is 0 Å². The van der Waals surface area contributed by atoms with Gasteiger partial charge in [-0.3, -0.25) is 0 Å². The summed E-state index contributed by atoms with van der Waals surface area (Å²) >= 11 is 0. The zero-order valence-electron chi connectivity index (χ0n) is 21.0. The highest BCUT2D eigenvalue weighted by Gasteiger charge is 2.50. The molecule has 0 saturated carbocycles. The summed E-state index contributed by atoms with van der Waals surface area (Å²) < 4.78 is 18.6. The summed E-state index contributed by atoms with van der Waals surface area (Å²) in [5.74, 6) is 0.0710. The molecule has 1 heterocycles. The van der Waals surface area contributed by atoms with Crippen molar-refractivity contribution in [2.75, 3.05) is 32.9 Å². The lowest BCUT2D eigenvalue weighted by Crippen LogP contribution is -2.67. The molecule has 33 heavy (non-hydrogen) atoms. The van der Waals surface area contributed by atoms with Gasteiger partial charge < -0.3 is 18.8 Å². The quantitative estimate of drug-likeness (QED) is 0.607. The van der Waals surface area contributed by atoms with E-state index in [0.29, 0.717) is 32.9 Å². The molecule has 1 fully saturated rings. The highest BCUT2D eigenvalue weighted by Crippen LogP contribution is 2.37. The third kappa shape index (κ3) is 6.25. The van der Waals surface area contributed by atoms with E-state index in [0.717, 1.165) is 0 Å². The van der Waals surface area contributed by atoms with Gasteiger partial charge in [0.1, 0.15) is 5.60 Å². The normalized spacial score (nSPS) is 18.0. The van der Waals surface area contributed by atoms with E-state index in [9.17, 15) is 4.79 Å². The molecule has 3 rings (SSSR count). The van der Waals surface area contributed by atoms with Crippen LogP contribution in [0.4, 0.5) is 4.79 Å². The number of carbonyl (C=O) groups excluding carboxylic acids is 1. The summed E-state index contributed by atoms with van der Waals surface area (Å²) in [5, 5.41) is 2.41. The van der Waals surface area contributed by atoms with Crippen molar-refractivity contribution in [3.8, 4) is 0 Å². The van der Waals surface area contributed by atoms with E-state index in [4.69, 9.17) is 13.9 Å². The first-order valence-electron chi connectivity index (χ1n) is 11.8. The van der Waals surface area contributed by atoms with Crippen molar-refractivity contribution in [2.45, 2.75) is 52.2 Å². The van der Waals surface area contributed by atoms with Crippen molar-refractivity contribution >= 4 is 24.8 Å². The first kappa shape index (κ1) is 25.5. The van der Waals surface area contributed by atoms with Crippen LogP contribution in [0.15, 0.2) is 60.7 Å². The van der Waals surface area contributed by atoms with Crippen LogP contribution in [0.1, 0.15) is 41.5 Å². The third-order valence-electron chi connectivity index (χ3n) is 5.94. The first-order valence-corrected chi connectivity index (χ1v) is 13.7. The van der Waals surface area contributed by atoms with Gasteiger partial charge in [0, 0.05) is 25.6 Å². The molecule has 0 N–H and O–H groups in total. The van der Waals surface area contributed by atoms with Crippen molar-refractivity contribution in [1.82, 2.24) is 4.90 Å². The second-order valence-corrected chi connectivity index (χ2v) is 15.1. The molecule has 1 aliphatic rings. The number of hydrogen-bond acceptors (Lipinski definition) is 4. The molecule has 1 amide bonds. The van der Waals surface area contributed by atoms with Crippen molar-refractivity contribution in [3.05, 3.63) is 60.7 Å². The van der Waals surface area contributed by atoms with Crippen molar-refractivity contribution in [3.63, 3.8) is 0 Å². The lowest BCUT2D eigenvalue weighted by molar-refractivity contribution is 0.0226. The molecule has 1 unspecified atom stereocenters. The molecule has 0 aromatic heterocycles. The maximum absolute atomic E-state index is 12.7. The largest absolute Gasteiger partial charge is 0.444 e. The van der Waals surface area contributed by atoms with E-state index >= 15 is 0 Å². The molecule has 2 aromatic rings. The second-order valence-electron chi connectivity index (χ2n) is 10.8. The van der Waals surface area contributed by atoms with Gasteiger partial charge >= 0.3 is 6.09 Å². The minimum Gasteiger partial charge on any atom is -0.444 e. The molecular formula is C27H39NO4Si. The Kier molecular flexibility index (Phi) is 8.03. The molecule has 180 valence electrons. The molecule has 1 aliphatic heterocycles. The Bertz CT molecular complexity index is 850. The number of amides is 1. The molecule has 6 heteroatoms. The van der Waals surface area contributed by atoms with Gasteiger partial charge in [-0.25, -0.2) is 4.79 Å². The Morgan fingerprint density at radius 3 is 2.00 bits per heavy atom. The van der Waals surface area contributed by atoms with Crippen LogP contribution in [-0.4, -0.2) is 57.8 Å². The number of carbonyl (C=O) groups is 1. The zero-order chi connectivity index (χ0) is 24.1. The lowest BCUT2D eigenvalue weighted by Gasteiger charge is -2.43. The molecule has 2 aromatic carbocycles. The maximum atomic E-state index is 12.7. The fraction of sp³-hybridized carbons (Fsp3) is 0.519. The van der Waals surface area contributed by atoms with E-state index in [2.05, 4.69) is 69.3 Å². The van der Waals surface area contributed by atoms with Gasteiger partial charge in [0.25, 0.3) is 8.32 Å². The van der Waals surface area contributed by atoms with Crippen molar-refractivity contribution < 1.29 is 18.7 Å². The summed E-state index contributed by atoms with van der Waals surface area (Å²) in [4.78, 5) is 14.5. The number of ether oxygens (including phenoxy) is 2. The van der Waals surface area contributed by atoms with Crippen LogP contribution in [0.3, 0.4) is 0 Å². The predicted octanol–water partition coefficient (Wildman–Crippen LogP) is 4.45. The summed E-state index contributed by atoms with van der Waals surface area (Å²) in [6.45, 7) is 15.2. The molecule has 5 nitrogen and oxygen atoms in total. The van der Waals surface area contributed by atoms with Crippen LogP contribution in [0.25, 0.3) is 0 Å². The van der Waals surface area contributed by atoms with Crippen LogP contribution in [0.5, 0.6) is 0 Å². The molecule has 1 atom stereocenters. The van der Waals surface area contributed by atoms with Gasteiger partial charge in [-0.05, 0) is 36.2 Å². The van der Waals surface area contributed by atoms with Gasteiger partial charge in [-0.1, -0.05) is 81.4 Å². The summed E-state index contributed by atoms with van der Waals surface area (Å²) in [6.07, 6.45) is -0.288. The topological polar surface area (TPSA) is 48.0 Å². The Labute approximate surface area is 200 Å². The predicted molar refractivity (Wildman–Crippen MR) is 136 cm³/mol. The SMILES string of the molecule is CC(C)(C)OC(=O)N1CCOCC(CO[Si](c2ccccc2)(c2ccccc2)C(C)(C)C)C1. The summed E-state index contributed by atoms with van der Waals surface area (Å²) in [6, 6.07) is 21.2. The van der Waals surface area contributed by atoms with Crippen LogP contribution in [0, 0.1) is 5.92 Å². The van der Waals surface area contributed by atoms with Crippen LogP contribution in [-0.2, 0) is 13.9 Å². The molecule has 0 bridgehead atoms. The fourth-order valence-electron chi connectivity index (χ4n) is 4.48. The Morgan fingerprint density at radius 1 is 0.970 bits per heavy atom. The monoisotopic (exact) mass is 469 g/mol. The zero-order valence-corrected chi connectivity index (χ0v) is 22.0. The molecular weight excluding hydrogens is 430 g/mol. The maximum Gasteiger partial charge on any atom is 0.410 e. The third-order valence-corrected chi connectivity index (χ3v) is 10.9. The van der Waals surface area contributed by atoms with Crippen molar-refractivity contribution in [2.24, 2.45) is 5.92 Å². The van der Waals surface area contributed by atoms with E-state index in [-0.39, 0.29) is 17.0 Å². The van der Waals surface area contributed by atoms with Crippen LogP contribution >= 0.6 is 0 Å². The molecule has 0 radical (unpaired) electrons. The van der Waals surface area contributed by atoms with Crippen LogP contribution < -0.4 is 10.4 Å². The number of nitrogens with zero attached hydrogens (tertiary/aromatic N) is 1. The number of hydrogen-bond donors (Lipinski definition) is 0. The van der Waals surface area contributed by atoms with Crippen molar-refractivity contribution in [1.29, 1.82) is 0 Å². The number of rotatable bonds is 5. The van der Waals surface area contributed by atoms with Gasteiger partial charge in [0.15, 0.2) is 0 Å². The van der Waals surface area contributed by atoms with E-state index in [1.54, 1.807) is 4.90 Å². The van der Waals surface area contributed by atoms with Gasteiger partial charge in [-0.15, -0.1) is 0 Å². The Balaban J connectivity index is 1.88. The first-order chi connectivity index (χ1) is 15.5. The van der Waals surface area contributed by atoms with Gasteiger partial charge in [0.05, 0.1) is 13.2 Å². The average molecular weight is 470 g/mol. The van der Waals surface area contributed by atoms with E-state index in [1.807, 2.05) is 32.9 Å². The standard InChI is InChI=1S/C27H39NO4Si/c1-26(2,3)32-25(29)28-17-18-30-20-22(19-28)21-31-33(27(4,5)6,23-13-9-7-10-14-23)24-15-11-8-12-16-24/h7-16,22H,17-21H2,1-6H3. The van der Waals surface area contributed by atoms with E-state index in [1.165, 1.54) is 10.4 Å². The smallest absolute Gasteiger partial charge is 0.410 e. The molecule has 1 saturated heterocycles. The minimum absolute atomic E-state index is 0.0710. The average Bonchev–Trinajstić information content (AvgIpc) is 3.00. The van der Waals surface area contributed by atoms with Crippen LogP contribution in [0.2, 0.25) is 5.04 Å². The van der Waals surface area contributed by atoms with E-state index < -0.39 is 13.9 Å². The number of benzene rings is 2.